The SMILES string of the molecule is CCNC(=O)[C@@H](CC)N(Cc1ccc(OC)cc1)C(=O)CN(c1ccccc1OC)S(=O)(=O)c1ccccc1. The summed E-state index contributed by atoms with van der Waals surface area (Å²) in [5.41, 5.74) is 0.981. The minimum atomic E-state index is -4.17. The molecule has 0 aliphatic carbocycles. The molecule has 0 aliphatic heterocycles. The van der Waals surface area contributed by atoms with E-state index in [2.05, 4.69) is 5.32 Å². The second-order valence-corrected chi connectivity index (χ2v) is 10.5. The van der Waals surface area contributed by atoms with E-state index in [4.69, 9.17) is 9.47 Å². The van der Waals surface area contributed by atoms with Crippen molar-refractivity contribution in [3.63, 3.8) is 0 Å². The Bertz CT molecular complexity index is 1350. The van der Waals surface area contributed by atoms with E-state index < -0.39 is 28.5 Å². The summed E-state index contributed by atoms with van der Waals surface area (Å²) in [6.07, 6.45) is 0.341. The monoisotopic (exact) mass is 553 g/mol. The molecule has 0 heterocycles. The van der Waals surface area contributed by atoms with Gasteiger partial charge in [0, 0.05) is 13.1 Å². The van der Waals surface area contributed by atoms with Gasteiger partial charge < -0.3 is 19.7 Å². The van der Waals surface area contributed by atoms with Crippen LogP contribution >= 0.6 is 0 Å². The molecule has 0 aliphatic rings. The molecule has 3 rings (SSSR count). The molecule has 0 spiro atoms. The van der Waals surface area contributed by atoms with Crippen LogP contribution in [0.5, 0.6) is 11.5 Å². The smallest absolute Gasteiger partial charge is 0.264 e. The third-order valence-electron chi connectivity index (χ3n) is 6.21. The first-order chi connectivity index (χ1) is 18.8. The first-order valence-corrected chi connectivity index (χ1v) is 14.1. The maximum atomic E-state index is 14.0. The van der Waals surface area contributed by atoms with Gasteiger partial charge in [0.15, 0.2) is 0 Å². The Morgan fingerprint density at radius 1 is 0.872 bits per heavy atom. The van der Waals surface area contributed by atoms with Gasteiger partial charge in [0.05, 0.1) is 24.8 Å². The number of nitrogens with zero attached hydrogens (tertiary/aromatic N) is 2. The van der Waals surface area contributed by atoms with Gasteiger partial charge in [-0.1, -0.05) is 49.4 Å². The number of amides is 2. The zero-order valence-electron chi connectivity index (χ0n) is 22.7. The highest BCUT2D eigenvalue weighted by atomic mass is 32.2. The van der Waals surface area contributed by atoms with E-state index in [0.29, 0.717) is 24.5 Å². The lowest BCUT2D eigenvalue weighted by atomic mass is 10.1. The average molecular weight is 554 g/mol. The third kappa shape index (κ3) is 7.08. The van der Waals surface area contributed by atoms with Crippen LogP contribution < -0.4 is 19.1 Å². The van der Waals surface area contributed by atoms with Gasteiger partial charge in [-0.25, -0.2) is 8.42 Å². The zero-order chi connectivity index (χ0) is 28.4. The van der Waals surface area contributed by atoms with Crippen molar-refractivity contribution in [3.8, 4) is 11.5 Å². The fraction of sp³-hybridized carbons (Fsp3) is 0.310. The number of sulfonamides is 1. The molecule has 0 unspecified atom stereocenters. The van der Waals surface area contributed by atoms with E-state index in [1.54, 1.807) is 68.6 Å². The minimum Gasteiger partial charge on any atom is -0.497 e. The third-order valence-corrected chi connectivity index (χ3v) is 7.99. The van der Waals surface area contributed by atoms with Crippen molar-refractivity contribution in [2.24, 2.45) is 0 Å². The molecule has 0 aromatic heterocycles. The van der Waals surface area contributed by atoms with Crippen LogP contribution in [-0.2, 0) is 26.2 Å². The number of carbonyl (C=O) groups excluding carboxylic acids is 2. The molecule has 3 aromatic carbocycles. The number of rotatable bonds is 13. The summed E-state index contributed by atoms with van der Waals surface area (Å²) in [5.74, 6) is 0.108. The molecule has 0 bridgehead atoms. The van der Waals surface area contributed by atoms with Gasteiger partial charge in [0.2, 0.25) is 11.8 Å². The van der Waals surface area contributed by atoms with Gasteiger partial charge >= 0.3 is 0 Å². The summed E-state index contributed by atoms with van der Waals surface area (Å²) in [5, 5.41) is 2.79. The second kappa shape index (κ2) is 13.7. The molecule has 2 amide bonds. The average Bonchev–Trinajstić information content (AvgIpc) is 2.96. The van der Waals surface area contributed by atoms with Gasteiger partial charge in [-0.2, -0.15) is 0 Å². The summed E-state index contributed by atoms with van der Waals surface area (Å²) >= 11 is 0. The van der Waals surface area contributed by atoms with Crippen molar-refractivity contribution in [1.82, 2.24) is 10.2 Å². The summed E-state index contributed by atoms with van der Waals surface area (Å²) < 4.78 is 39.5. The second-order valence-electron chi connectivity index (χ2n) is 8.68. The van der Waals surface area contributed by atoms with Crippen molar-refractivity contribution < 1.29 is 27.5 Å². The number of hydrogen-bond acceptors (Lipinski definition) is 6. The normalized spacial score (nSPS) is 11.8. The van der Waals surface area contributed by atoms with Crippen LogP contribution in [-0.4, -0.2) is 58.5 Å². The fourth-order valence-electron chi connectivity index (χ4n) is 4.21. The Hall–Kier alpha value is -4.05. The van der Waals surface area contributed by atoms with Crippen molar-refractivity contribution in [2.75, 3.05) is 31.6 Å². The highest BCUT2D eigenvalue weighted by molar-refractivity contribution is 7.92. The molecule has 9 nitrogen and oxygen atoms in total. The largest absolute Gasteiger partial charge is 0.497 e. The van der Waals surface area contributed by atoms with E-state index in [1.165, 1.54) is 24.1 Å². The Morgan fingerprint density at radius 3 is 2.10 bits per heavy atom. The number of likely N-dealkylation sites (N-methyl/N-ethyl adjacent to an activating group) is 1. The molecule has 10 heteroatoms. The minimum absolute atomic E-state index is 0.0289. The van der Waals surface area contributed by atoms with Crippen LogP contribution in [0.25, 0.3) is 0 Å². The predicted molar refractivity (Wildman–Crippen MR) is 150 cm³/mol. The molecule has 0 radical (unpaired) electrons. The maximum absolute atomic E-state index is 14.0. The Kier molecular flexibility index (Phi) is 10.3. The van der Waals surface area contributed by atoms with E-state index in [1.807, 2.05) is 19.1 Å². The zero-order valence-corrected chi connectivity index (χ0v) is 23.5. The molecule has 208 valence electrons. The van der Waals surface area contributed by atoms with Crippen molar-refractivity contribution in [3.05, 3.63) is 84.4 Å². The van der Waals surface area contributed by atoms with Crippen LogP contribution in [0.15, 0.2) is 83.8 Å². The lowest BCUT2D eigenvalue weighted by Crippen LogP contribution is -2.52. The number of carbonyl (C=O) groups is 2. The molecule has 1 atom stereocenters. The Morgan fingerprint density at radius 2 is 1.51 bits per heavy atom. The maximum Gasteiger partial charge on any atom is 0.264 e. The lowest BCUT2D eigenvalue weighted by Gasteiger charge is -2.33. The number of nitrogens with one attached hydrogen (secondary N) is 1. The number of anilines is 1. The van der Waals surface area contributed by atoms with Gasteiger partial charge in [-0.3, -0.25) is 13.9 Å². The topological polar surface area (TPSA) is 105 Å². The Labute approximate surface area is 230 Å². The molecule has 0 fully saturated rings. The highest BCUT2D eigenvalue weighted by Gasteiger charge is 2.34. The summed E-state index contributed by atoms with van der Waals surface area (Å²) in [7, 11) is -1.17. The molecular weight excluding hydrogens is 518 g/mol. The van der Waals surface area contributed by atoms with Crippen molar-refractivity contribution in [2.45, 2.75) is 37.8 Å². The van der Waals surface area contributed by atoms with Crippen LogP contribution in [0.2, 0.25) is 0 Å². The molecule has 39 heavy (non-hydrogen) atoms. The van der Waals surface area contributed by atoms with E-state index in [9.17, 15) is 18.0 Å². The van der Waals surface area contributed by atoms with Crippen LogP contribution in [0.3, 0.4) is 0 Å². The molecule has 1 N–H and O–H groups in total. The first-order valence-electron chi connectivity index (χ1n) is 12.7. The molecule has 3 aromatic rings. The lowest BCUT2D eigenvalue weighted by molar-refractivity contribution is -0.140. The fourth-order valence-corrected chi connectivity index (χ4v) is 5.65. The number of hydrogen-bond donors (Lipinski definition) is 1. The van der Waals surface area contributed by atoms with Gasteiger partial charge in [-0.15, -0.1) is 0 Å². The van der Waals surface area contributed by atoms with Crippen molar-refractivity contribution in [1.29, 1.82) is 0 Å². The van der Waals surface area contributed by atoms with Crippen molar-refractivity contribution >= 4 is 27.5 Å². The Balaban J connectivity index is 2.07. The van der Waals surface area contributed by atoms with Gasteiger partial charge in [0.1, 0.15) is 24.1 Å². The number of benzene rings is 3. The van der Waals surface area contributed by atoms with Crippen LogP contribution in [0.1, 0.15) is 25.8 Å². The van der Waals surface area contributed by atoms with E-state index in [-0.39, 0.29) is 23.0 Å². The summed E-state index contributed by atoms with van der Waals surface area (Å²) in [6.45, 7) is 3.58. The standard InChI is InChI=1S/C29H35N3O6S/c1-5-25(29(34)30-6-2)31(20-22-16-18-23(37-3)19-17-22)28(33)21-32(26-14-10-11-15-27(26)38-4)39(35,36)24-12-8-7-9-13-24/h7-19,25H,5-6,20-21H2,1-4H3,(H,30,34)/t25-/m1/s1. The number of methoxy groups -OCH3 is 2. The van der Waals surface area contributed by atoms with Crippen LogP contribution in [0.4, 0.5) is 5.69 Å². The predicted octanol–water partition coefficient (Wildman–Crippen LogP) is 3.84. The molecular formula is C29H35N3O6S. The molecule has 0 saturated heterocycles. The summed E-state index contributed by atoms with van der Waals surface area (Å²) in [4.78, 5) is 28.5. The van der Waals surface area contributed by atoms with Gasteiger partial charge in [-0.05, 0) is 55.3 Å². The number of para-hydroxylation sites is 2. The highest BCUT2D eigenvalue weighted by Crippen LogP contribution is 2.32. The van der Waals surface area contributed by atoms with E-state index in [0.717, 1.165) is 9.87 Å². The summed E-state index contributed by atoms with van der Waals surface area (Å²) in [6, 6.07) is 20.9. The van der Waals surface area contributed by atoms with Gasteiger partial charge in [0.25, 0.3) is 10.0 Å². The number of ether oxygens (including phenoxy) is 2. The molecule has 0 saturated carbocycles. The van der Waals surface area contributed by atoms with E-state index >= 15 is 0 Å². The quantitative estimate of drug-likeness (QED) is 0.345. The van der Waals surface area contributed by atoms with Crippen LogP contribution in [0, 0.1) is 0 Å². The first kappa shape index (κ1) is 29.5.